The summed E-state index contributed by atoms with van der Waals surface area (Å²) in [6.45, 7) is 15.2. The van der Waals surface area contributed by atoms with Gasteiger partial charge in [-0.25, -0.2) is 9.59 Å². The minimum absolute atomic E-state index is 0. The summed E-state index contributed by atoms with van der Waals surface area (Å²) in [5, 5.41) is 12.3. The number of carbonyl (C=O) groups excluding carboxylic acids is 2. The Bertz CT molecular complexity index is 621. The Labute approximate surface area is 167 Å². The molecule has 1 saturated heterocycles. The zero-order valence-corrected chi connectivity index (χ0v) is 18.3. The van der Waals surface area contributed by atoms with Crippen molar-refractivity contribution in [1.29, 1.82) is 0 Å². The first-order valence-corrected chi connectivity index (χ1v) is 9.10. The molecule has 0 radical (unpaired) electrons. The minimum atomic E-state index is -0.985. The largest absolute Gasteiger partial charge is 0.480 e. The highest BCUT2D eigenvalue weighted by Gasteiger charge is 2.70. The van der Waals surface area contributed by atoms with Crippen molar-refractivity contribution in [3.8, 4) is 0 Å². The Morgan fingerprint density at radius 2 is 1.67 bits per heavy atom. The van der Waals surface area contributed by atoms with Gasteiger partial charge in [-0.15, -0.1) is 12.4 Å². The van der Waals surface area contributed by atoms with Crippen molar-refractivity contribution in [2.75, 3.05) is 6.54 Å². The fraction of sp³-hybridized carbons (Fsp3) is 0.842. The van der Waals surface area contributed by atoms with Gasteiger partial charge in [-0.1, -0.05) is 34.6 Å². The monoisotopic (exact) mass is 404 g/mol. The molecular weight excluding hydrogens is 372 g/mol. The molecule has 0 unspecified atom stereocenters. The van der Waals surface area contributed by atoms with Crippen molar-refractivity contribution < 1.29 is 24.2 Å². The van der Waals surface area contributed by atoms with Crippen LogP contribution in [0, 0.1) is 22.7 Å². The third kappa shape index (κ3) is 4.68. The van der Waals surface area contributed by atoms with Crippen LogP contribution in [-0.2, 0) is 14.3 Å². The summed E-state index contributed by atoms with van der Waals surface area (Å²) in [5.41, 5.74) is -1.33. The third-order valence-electron chi connectivity index (χ3n) is 5.52. The number of likely N-dealkylation sites (tertiary alicyclic amines) is 1. The Morgan fingerprint density at radius 1 is 1.15 bits per heavy atom. The molecule has 2 aliphatic rings. The molecule has 2 N–H and O–H groups in total. The lowest BCUT2D eigenvalue weighted by Crippen LogP contribution is -2.58. The molecule has 156 valence electrons. The van der Waals surface area contributed by atoms with Crippen molar-refractivity contribution in [1.82, 2.24) is 10.2 Å². The molecule has 2 rings (SSSR count). The molecule has 1 heterocycles. The van der Waals surface area contributed by atoms with E-state index in [-0.39, 0.29) is 35.6 Å². The topological polar surface area (TPSA) is 95.9 Å². The summed E-state index contributed by atoms with van der Waals surface area (Å²) in [6, 6.07) is -1.70. The second-order valence-corrected chi connectivity index (χ2v) is 10.2. The van der Waals surface area contributed by atoms with E-state index in [1.165, 1.54) is 4.90 Å². The van der Waals surface area contributed by atoms with Crippen molar-refractivity contribution in [3.63, 3.8) is 0 Å². The maximum atomic E-state index is 13.2. The molecule has 8 heteroatoms. The second kappa shape index (κ2) is 7.15. The Balaban J connectivity index is 0.00000364. The quantitative estimate of drug-likeness (QED) is 0.753. The van der Waals surface area contributed by atoms with E-state index >= 15 is 0 Å². The van der Waals surface area contributed by atoms with Gasteiger partial charge in [0.25, 0.3) is 0 Å². The summed E-state index contributed by atoms with van der Waals surface area (Å²) in [6.07, 6.45) is -0.678. The van der Waals surface area contributed by atoms with E-state index in [2.05, 4.69) is 5.32 Å². The zero-order valence-electron chi connectivity index (χ0n) is 17.5. The van der Waals surface area contributed by atoms with Crippen LogP contribution in [0.25, 0.3) is 0 Å². The number of piperidine rings is 1. The molecule has 7 nitrogen and oxygen atoms in total. The summed E-state index contributed by atoms with van der Waals surface area (Å²) in [4.78, 5) is 38.6. The number of rotatable bonds is 3. The Morgan fingerprint density at radius 3 is 2.07 bits per heavy atom. The number of carbonyl (C=O) groups is 3. The molecule has 4 atom stereocenters. The van der Waals surface area contributed by atoms with Crippen LogP contribution in [0.1, 0.15) is 55.4 Å². The maximum Gasteiger partial charge on any atom is 0.408 e. The lowest BCUT2D eigenvalue weighted by molar-refractivity contribution is -0.152. The molecular formula is C19H33ClN2O5. The number of hydrogen-bond donors (Lipinski definition) is 2. The number of hydrogen-bond acceptors (Lipinski definition) is 4. The maximum absolute atomic E-state index is 13.2. The van der Waals surface area contributed by atoms with Gasteiger partial charge < -0.3 is 20.1 Å². The summed E-state index contributed by atoms with van der Waals surface area (Å²) < 4.78 is 5.28. The van der Waals surface area contributed by atoms with E-state index in [4.69, 9.17) is 4.74 Å². The number of alkyl carbamates (subject to hydrolysis) is 1. The summed E-state index contributed by atoms with van der Waals surface area (Å²) in [7, 11) is 0. The molecule has 0 aromatic heterocycles. The standard InChI is InChI=1S/C19H32N2O5.ClH/c1-17(2,3)13(20-16(25)26-18(4,5)6)14(22)21-9-10-11(19(10,7)8)12(21)15(23)24;/h10-13H,9H2,1-8H3,(H,20,25)(H,23,24);1H/t10-,11-,12-,13+;/m0./s1. The van der Waals surface area contributed by atoms with E-state index in [1.54, 1.807) is 20.8 Å². The lowest BCUT2D eigenvalue weighted by Gasteiger charge is -2.37. The highest BCUT2D eigenvalue weighted by molar-refractivity contribution is 5.91. The van der Waals surface area contributed by atoms with E-state index in [0.717, 1.165) is 0 Å². The SMILES string of the molecule is CC(C)(C)OC(=O)N[C@H](C(=O)N1C[C@H]2[C@@H]([C@H]1C(=O)O)C2(C)C)C(C)(C)C.Cl. The molecule has 1 aliphatic carbocycles. The molecule has 27 heavy (non-hydrogen) atoms. The normalized spacial score (nSPS) is 27.1. The first-order chi connectivity index (χ1) is 11.6. The average molecular weight is 405 g/mol. The van der Waals surface area contributed by atoms with Crippen LogP contribution in [0.3, 0.4) is 0 Å². The number of aliphatic carboxylic acids is 1. The van der Waals surface area contributed by atoms with E-state index in [1.807, 2.05) is 34.6 Å². The number of nitrogens with zero attached hydrogens (tertiary/aromatic N) is 1. The molecule has 0 aromatic rings. The Hall–Kier alpha value is -1.50. The predicted molar refractivity (Wildman–Crippen MR) is 104 cm³/mol. The van der Waals surface area contributed by atoms with Gasteiger partial charge in [0, 0.05) is 12.5 Å². The lowest BCUT2D eigenvalue weighted by atomic mass is 9.85. The number of ether oxygens (including phenoxy) is 1. The van der Waals surface area contributed by atoms with Crippen LogP contribution in [0.2, 0.25) is 0 Å². The molecule has 1 saturated carbocycles. The fourth-order valence-electron chi connectivity index (χ4n) is 4.04. The van der Waals surface area contributed by atoms with E-state index < -0.39 is 35.2 Å². The molecule has 1 aliphatic heterocycles. The van der Waals surface area contributed by atoms with Gasteiger partial charge in [-0.2, -0.15) is 0 Å². The second-order valence-electron chi connectivity index (χ2n) is 10.2. The van der Waals surface area contributed by atoms with Crippen molar-refractivity contribution in [2.24, 2.45) is 22.7 Å². The molecule has 0 spiro atoms. The molecule has 2 fully saturated rings. The van der Waals surface area contributed by atoms with Crippen LogP contribution in [0.5, 0.6) is 0 Å². The minimum Gasteiger partial charge on any atom is -0.480 e. The van der Waals surface area contributed by atoms with Gasteiger partial charge in [0.15, 0.2) is 0 Å². The first-order valence-electron chi connectivity index (χ1n) is 9.10. The fourth-order valence-corrected chi connectivity index (χ4v) is 4.04. The number of halogens is 1. The average Bonchev–Trinajstić information content (AvgIpc) is 2.81. The molecule has 2 amide bonds. The highest BCUT2D eigenvalue weighted by Crippen LogP contribution is 2.65. The van der Waals surface area contributed by atoms with Crippen LogP contribution < -0.4 is 5.32 Å². The van der Waals surface area contributed by atoms with Gasteiger partial charge in [0.2, 0.25) is 5.91 Å². The van der Waals surface area contributed by atoms with Crippen molar-refractivity contribution >= 4 is 30.4 Å². The van der Waals surface area contributed by atoms with E-state index in [9.17, 15) is 19.5 Å². The van der Waals surface area contributed by atoms with Gasteiger partial charge in [0.1, 0.15) is 17.7 Å². The van der Waals surface area contributed by atoms with Gasteiger partial charge >= 0.3 is 12.1 Å². The smallest absolute Gasteiger partial charge is 0.408 e. The first kappa shape index (κ1) is 23.5. The molecule has 0 aromatic carbocycles. The van der Waals surface area contributed by atoms with Gasteiger partial charge in [-0.05, 0) is 37.5 Å². The number of fused-ring (bicyclic) bond motifs is 1. The predicted octanol–water partition coefficient (Wildman–Crippen LogP) is 2.92. The zero-order chi connectivity index (χ0) is 20.2. The van der Waals surface area contributed by atoms with Crippen LogP contribution in [-0.4, -0.2) is 52.2 Å². The van der Waals surface area contributed by atoms with E-state index in [0.29, 0.717) is 6.54 Å². The number of nitrogens with one attached hydrogen (secondary N) is 1. The number of amides is 2. The molecule has 0 bridgehead atoms. The van der Waals surface area contributed by atoms with Crippen LogP contribution in [0.15, 0.2) is 0 Å². The summed E-state index contributed by atoms with van der Waals surface area (Å²) in [5.74, 6) is -1.19. The van der Waals surface area contributed by atoms with Crippen LogP contribution >= 0.6 is 12.4 Å². The number of carboxylic acid groups (broad SMARTS) is 1. The highest BCUT2D eigenvalue weighted by atomic mass is 35.5. The van der Waals surface area contributed by atoms with Crippen LogP contribution in [0.4, 0.5) is 4.79 Å². The van der Waals surface area contributed by atoms with Gasteiger partial charge in [0.05, 0.1) is 0 Å². The van der Waals surface area contributed by atoms with Gasteiger partial charge in [-0.3, -0.25) is 4.79 Å². The third-order valence-corrected chi connectivity index (χ3v) is 5.52. The van der Waals surface area contributed by atoms with Crippen molar-refractivity contribution in [3.05, 3.63) is 0 Å². The Kier molecular flexibility index (Phi) is 6.23. The van der Waals surface area contributed by atoms with Crippen molar-refractivity contribution in [2.45, 2.75) is 73.1 Å². The number of carboxylic acids is 1. The summed E-state index contributed by atoms with van der Waals surface area (Å²) >= 11 is 0.